The fourth-order valence-electron chi connectivity index (χ4n) is 4.50. The van der Waals surface area contributed by atoms with Gasteiger partial charge in [0.25, 0.3) is 5.56 Å². The summed E-state index contributed by atoms with van der Waals surface area (Å²) in [6.45, 7) is 7.24. The Balaban J connectivity index is 1.46. The number of pyridine rings is 1. The molecule has 1 atom stereocenters. The molecule has 2 N–H and O–H groups in total. The largest absolute Gasteiger partial charge is 0.454 e. The van der Waals surface area contributed by atoms with Gasteiger partial charge in [-0.1, -0.05) is 48.5 Å². The number of fused-ring (bicyclic) bond motifs is 2. The normalized spacial score (nSPS) is 13.0. The molecule has 4 aromatic rings. The van der Waals surface area contributed by atoms with Crippen molar-refractivity contribution in [2.75, 3.05) is 6.79 Å². The first-order valence-electron chi connectivity index (χ1n) is 12.0. The van der Waals surface area contributed by atoms with Crippen molar-refractivity contribution in [1.82, 2.24) is 15.2 Å². The van der Waals surface area contributed by atoms with E-state index in [0.717, 1.165) is 44.7 Å². The lowest BCUT2D eigenvalue weighted by Gasteiger charge is -2.28. The molecular weight excluding hydrogens is 470 g/mol. The Morgan fingerprint density at radius 2 is 1.75 bits per heavy atom. The third-order valence-corrected chi connectivity index (χ3v) is 7.00. The lowest BCUT2D eigenvalue weighted by molar-refractivity contribution is 0.174. The average Bonchev–Trinajstić information content (AvgIpc) is 3.35. The van der Waals surface area contributed by atoms with Crippen LogP contribution in [0.1, 0.15) is 40.8 Å². The zero-order chi connectivity index (χ0) is 25.2. The summed E-state index contributed by atoms with van der Waals surface area (Å²) in [5, 5.41) is 5.07. The number of nitrogens with one attached hydrogen (secondary N) is 2. The lowest BCUT2D eigenvalue weighted by Crippen LogP contribution is -2.41. The van der Waals surface area contributed by atoms with Gasteiger partial charge in [0.15, 0.2) is 16.6 Å². The van der Waals surface area contributed by atoms with E-state index in [4.69, 9.17) is 21.7 Å². The molecule has 0 amide bonds. The molecule has 1 unspecified atom stereocenters. The van der Waals surface area contributed by atoms with Crippen molar-refractivity contribution in [3.63, 3.8) is 0 Å². The molecule has 0 bridgehead atoms. The van der Waals surface area contributed by atoms with Crippen molar-refractivity contribution >= 4 is 28.2 Å². The highest BCUT2D eigenvalue weighted by Gasteiger charge is 2.19. The molecule has 184 valence electrons. The number of rotatable bonds is 6. The van der Waals surface area contributed by atoms with E-state index in [1.807, 2.05) is 60.4 Å². The van der Waals surface area contributed by atoms with Gasteiger partial charge >= 0.3 is 0 Å². The summed E-state index contributed by atoms with van der Waals surface area (Å²) in [7, 11) is 0. The van der Waals surface area contributed by atoms with Crippen LogP contribution in [0.25, 0.3) is 10.9 Å². The van der Waals surface area contributed by atoms with Gasteiger partial charge in [0, 0.05) is 17.5 Å². The maximum atomic E-state index is 13.1. The number of aromatic amines is 1. The summed E-state index contributed by atoms with van der Waals surface area (Å²) < 4.78 is 11.0. The summed E-state index contributed by atoms with van der Waals surface area (Å²) >= 11 is 5.88. The van der Waals surface area contributed by atoms with Crippen molar-refractivity contribution in [2.24, 2.45) is 0 Å². The number of hydrogen-bond acceptors (Lipinski definition) is 4. The summed E-state index contributed by atoms with van der Waals surface area (Å²) in [6.07, 6.45) is 0. The number of thiocarbonyl (C=S) groups is 1. The Morgan fingerprint density at radius 1 is 1.00 bits per heavy atom. The van der Waals surface area contributed by atoms with Crippen molar-refractivity contribution in [1.29, 1.82) is 0 Å². The monoisotopic (exact) mass is 499 g/mol. The number of ether oxygens (including phenoxy) is 2. The maximum Gasteiger partial charge on any atom is 0.253 e. The predicted octanol–water partition coefficient (Wildman–Crippen LogP) is 5.51. The minimum absolute atomic E-state index is 0.0118. The van der Waals surface area contributed by atoms with Crippen molar-refractivity contribution in [3.8, 4) is 11.5 Å². The molecule has 0 fully saturated rings. The Hall–Kier alpha value is -3.84. The van der Waals surface area contributed by atoms with Crippen LogP contribution in [0.2, 0.25) is 0 Å². The van der Waals surface area contributed by atoms with Crippen molar-refractivity contribution < 1.29 is 9.47 Å². The third kappa shape index (κ3) is 4.93. The molecule has 0 spiro atoms. The molecule has 6 nitrogen and oxygen atoms in total. The van der Waals surface area contributed by atoms with E-state index in [1.54, 1.807) is 0 Å². The first-order valence-corrected chi connectivity index (χ1v) is 12.4. The van der Waals surface area contributed by atoms with Crippen LogP contribution in [-0.2, 0) is 13.1 Å². The Bertz CT molecular complexity index is 1480. The van der Waals surface area contributed by atoms with Crippen LogP contribution in [-0.4, -0.2) is 21.8 Å². The zero-order valence-electron chi connectivity index (χ0n) is 20.6. The number of benzene rings is 3. The number of nitrogens with zero attached hydrogens (tertiary/aromatic N) is 1. The van der Waals surface area contributed by atoms with E-state index in [1.165, 1.54) is 0 Å². The first kappa shape index (κ1) is 23.9. The van der Waals surface area contributed by atoms with Gasteiger partial charge < -0.3 is 24.7 Å². The zero-order valence-corrected chi connectivity index (χ0v) is 21.4. The van der Waals surface area contributed by atoms with Gasteiger partial charge in [-0.25, -0.2) is 0 Å². The molecular formula is C29H29N3O3S. The van der Waals surface area contributed by atoms with E-state index in [0.29, 0.717) is 23.8 Å². The Labute approximate surface area is 215 Å². The minimum Gasteiger partial charge on any atom is -0.454 e. The molecule has 0 aliphatic carbocycles. The summed E-state index contributed by atoms with van der Waals surface area (Å²) in [5.41, 5.74) is 5.75. The van der Waals surface area contributed by atoms with E-state index < -0.39 is 0 Å². The van der Waals surface area contributed by atoms with Gasteiger partial charge in [-0.3, -0.25) is 4.79 Å². The maximum absolute atomic E-state index is 13.1. The highest BCUT2D eigenvalue weighted by atomic mass is 32.1. The SMILES string of the molecule is Cc1ccc(C)c2[nH]c(=O)c(CN(Cc3ccc4c(c3)OCO4)C(=S)NC(C)c3ccccc3)cc12. The van der Waals surface area contributed by atoms with E-state index in [9.17, 15) is 4.79 Å². The number of H-pyrrole nitrogens is 1. The van der Waals surface area contributed by atoms with Crippen LogP contribution in [0.15, 0.2) is 71.5 Å². The van der Waals surface area contributed by atoms with Gasteiger partial charge in [0.1, 0.15) is 0 Å². The van der Waals surface area contributed by atoms with Crippen LogP contribution in [0.5, 0.6) is 11.5 Å². The van der Waals surface area contributed by atoms with Gasteiger partial charge in [-0.05, 0) is 73.4 Å². The molecule has 1 aliphatic heterocycles. The highest BCUT2D eigenvalue weighted by molar-refractivity contribution is 7.80. The fraction of sp³-hybridized carbons (Fsp3) is 0.241. The van der Waals surface area contributed by atoms with E-state index in [-0.39, 0.29) is 18.4 Å². The van der Waals surface area contributed by atoms with Gasteiger partial charge in [-0.15, -0.1) is 0 Å². The fourth-order valence-corrected chi connectivity index (χ4v) is 4.81. The van der Waals surface area contributed by atoms with Crippen LogP contribution < -0.4 is 20.3 Å². The smallest absolute Gasteiger partial charge is 0.253 e. The molecule has 0 saturated heterocycles. The van der Waals surface area contributed by atoms with Crippen LogP contribution in [0.3, 0.4) is 0 Å². The molecule has 5 rings (SSSR count). The topological polar surface area (TPSA) is 66.6 Å². The molecule has 2 heterocycles. The summed E-state index contributed by atoms with van der Waals surface area (Å²) in [5.74, 6) is 1.46. The van der Waals surface area contributed by atoms with E-state index in [2.05, 4.69) is 42.3 Å². The first-order chi connectivity index (χ1) is 17.4. The van der Waals surface area contributed by atoms with Crippen LogP contribution in [0.4, 0.5) is 0 Å². The summed E-state index contributed by atoms with van der Waals surface area (Å²) in [6, 6.07) is 22.2. The van der Waals surface area contributed by atoms with Crippen molar-refractivity contribution in [2.45, 2.75) is 39.9 Å². The van der Waals surface area contributed by atoms with Crippen LogP contribution in [0, 0.1) is 13.8 Å². The number of hydrogen-bond donors (Lipinski definition) is 2. The average molecular weight is 500 g/mol. The third-order valence-electron chi connectivity index (χ3n) is 6.62. The number of aromatic nitrogens is 1. The van der Waals surface area contributed by atoms with Crippen LogP contribution >= 0.6 is 12.2 Å². The molecule has 0 saturated carbocycles. The lowest BCUT2D eigenvalue weighted by atomic mass is 10.0. The molecule has 3 aromatic carbocycles. The molecule has 0 radical (unpaired) electrons. The second-order valence-electron chi connectivity index (χ2n) is 9.24. The molecule has 1 aromatic heterocycles. The second kappa shape index (κ2) is 10.0. The quantitative estimate of drug-likeness (QED) is 0.341. The molecule has 36 heavy (non-hydrogen) atoms. The minimum atomic E-state index is -0.106. The Morgan fingerprint density at radius 3 is 2.56 bits per heavy atom. The Kier molecular flexibility index (Phi) is 6.65. The second-order valence-corrected chi connectivity index (χ2v) is 9.62. The summed E-state index contributed by atoms with van der Waals surface area (Å²) in [4.78, 5) is 18.2. The predicted molar refractivity (Wildman–Crippen MR) is 146 cm³/mol. The van der Waals surface area contributed by atoms with Crippen molar-refractivity contribution in [3.05, 3.63) is 105 Å². The molecule has 7 heteroatoms. The van der Waals surface area contributed by atoms with Gasteiger partial charge in [-0.2, -0.15) is 0 Å². The van der Waals surface area contributed by atoms with Gasteiger partial charge in [0.2, 0.25) is 6.79 Å². The molecule has 1 aliphatic rings. The van der Waals surface area contributed by atoms with E-state index >= 15 is 0 Å². The highest BCUT2D eigenvalue weighted by Crippen LogP contribution is 2.33. The number of aryl methyl sites for hydroxylation is 2. The standard InChI is InChI=1S/C29H29N3O3S/c1-18-9-10-19(2)27-24(18)14-23(28(33)31-27)16-32(15-21-11-12-25-26(13-21)35-17-34-25)29(36)30-20(3)22-7-5-4-6-8-22/h4-14,20H,15-17H2,1-3H3,(H,30,36)(H,31,33). The van der Waals surface area contributed by atoms with Gasteiger partial charge in [0.05, 0.1) is 18.1 Å².